The minimum absolute atomic E-state index is 0.356. The molecule has 8 nitrogen and oxygen atoms in total. The maximum Gasteiger partial charge on any atom is 0.265 e. The van der Waals surface area contributed by atoms with Gasteiger partial charge in [-0.2, -0.15) is 10.1 Å². The largest absolute Gasteiger partial charge is 0.493 e. The van der Waals surface area contributed by atoms with E-state index in [1.165, 1.54) is 19.3 Å². The van der Waals surface area contributed by atoms with Crippen LogP contribution < -0.4 is 14.9 Å². The molecule has 8 heteroatoms. The van der Waals surface area contributed by atoms with Gasteiger partial charge in [-0.25, -0.2) is 5.43 Å². The minimum Gasteiger partial charge on any atom is -0.493 e. The predicted molar refractivity (Wildman–Crippen MR) is 132 cm³/mol. The smallest absolute Gasteiger partial charge is 0.265 e. The number of anilines is 1. The van der Waals surface area contributed by atoms with Crippen LogP contribution in [0.2, 0.25) is 0 Å². The van der Waals surface area contributed by atoms with E-state index in [-0.39, 0.29) is 0 Å². The number of methoxy groups -OCH3 is 1. The summed E-state index contributed by atoms with van der Waals surface area (Å²) >= 11 is 0. The van der Waals surface area contributed by atoms with Crippen LogP contribution in [0.4, 0.5) is 5.95 Å². The summed E-state index contributed by atoms with van der Waals surface area (Å²) in [5, 5.41) is 14.1. The lowest BCUT2D eigenvalue weighted by Gasteiger charge is -2.09. The molecule has 0 aliphatic carbocycles. The number of rotatable bonds is 11. The van der Waals surface area contributed by atoms with Crippen molar-refractivity contribution in [2.75, 3.05) is 19.1 Å². The SMILES string of the molecule is CCCCCCn1c2ccccc2c2nnc(N/N=C/c3ccc(OCC)c(OC)c3)nc21. The predicted octanol–water partition coefficient (Wildman–Crippen LogP) is 5.41. The monoisotopic (exact) mass is 446 g/mol. The Bertz CT molecular complexity index is 1250. The highest BCUT2D eigenvalue weighted by Crippen LogP contribution is 2.28. The Balaban J connectivity index is 1.57. The van der Waals surface area contributed by atoms with Gasteiger partial charge in [-0.05, 0) is 43.2 Å². The molecule has 0 aliphatic heterocycles. The van der Waals surface area contributed by atoms with Gasteiger partial charge in [0.05, 0.1) is 25.4 Å². The van der Waals surface area contributed by atoms with E-state index in [1.807, 2.05) is 37.3 Å². The van der Waals surface area contributed by atoms with Crippen molar-refractivity contribution >= 4 is 34.2 Å². The first-order valence-corrected chi connectivity index (χ1v) is 11.5. The number of hydrazone groups is 1. The van der Waals surface area contributed by atoms with Crippen molar-refractivity contribution in [1.29, 1.82) is 0 Å². The van der Waals surface area contributed by atoms with E-state index in [0.717, 1.165) is 40.6 Å². The normalized spacial score (nSPS) is 11.5. The van der Waals surface area contributed by atoms with Gasteiger partial charge in [0.15, 0.2) is 17.1 Å². The number of nitrogens with zero attached hydrogens (tertiary/aromatic N) is 5. The summed E-state index contributed by atoms with van der Waals surface area (Å²) in [6.07, 6.45) is 6.44. The van der Waals surface area contributed by atoms with Crippen LogP contribution in [0.1, 0.15) is 45.1 Å². The van der Waals surface area contributed by atoms with Crippen LogP contribution in [0.3, 0.4) is 0 Å². The van der Waals surface area contributed by atoms with Crippen molar-refractivity contribution in [3.8, 4) is 11.5 Å². The second kappa shape index (κ2) is 10.8. The second-order valence-electron chi connectivity index (χ2n) is 7.75. The molecule has 2 aromatic heterocycles. The van der Waals surface area contributed by atoms with Crippen LogP contribution in [0.25, 0.3) is 22.1 Å². The molecule has 2 aromatic carbocycles. The van der Waals surface area contributed by atoms with Crippen molar-refractivity contribution < 1.29 is 9.47 Å². The zero-order valence-electron chi connectivity index (χ0n) is 19.4. The summed E-state index contributed by atoms with van der Waals surface area (Å²) in [4.78, 5) is 4.73. The Morgan fingerprint density at radius 3 is 2.73 bits per heavy atom. The molecule has 0 radical (unpaired) electrons. The average Bonchev–Trinajstić information content (AvgIpc) is 3.16. The van der Waals surface area contributed by atoms with Gasteiger partial charge in [0, 0.05) is 11.9 Å². The Morgan fingerprint density at radius 2 is 1.91 bits per heavy atom. The molecule has 1 N–H and O–H groups in total. The fourth-order valence-electron chi connectivity index (χ4n) is 3.88. The molecule has 0 atom stereocenters. The third-order valence-corrected chi connectivity index (χ3v) is 5.47. The highest BCUT2D eigenvalue weighted by molar-refractivity contribution is 6.04. The third-order valence-electron chi connectivity index (χ3n) is 5.47. The molecule has 0 spiro atoms. The number of ether oxygens (including phenoxy) is 2. The van der Waals surface area contributed by atoms with E-state index >= 15 is 0 Å². The minimum atomic E-state index is 0.356. The number of hydrogen-bond acceptors (Lipinski definition) is 7. The van der Waals surface area contributed by atoms with Gasteiger partial charge < -0.3 is 14.0 Å². The Morgan fingerprint density at radius 1 is 1.03 bits per heavy atom. The maximum atomic E-state index is 5.56. The second-order valence-corrected chi connectivity index (χ2v) is 7.75. The van der Waals surface area contributed by atoms with Crippen molar-refractivity contribution in [1.82, 2.24) is 19.7 Å². The van der Waals surface area contributed by atoms with E-state index < -0.39 is 0 Å². The molecule has 0 aliphatic rings. The van der Waals surface area contributed by atoms with Crippen LogP contribution in [0.5, 0.6) is 11.5 Å². The lowest BCUT2D eigenvalue weighted by Crippen LogP contribution is -2.03. The molecule has 33 heavy (non-hydrogen) atoms. The Hall–Kier alpha value is -3.68. The summed E-state index contributed by atoms with van der Waals surface area (Å²) in [7, 11) is 1.62. The van der Waals surface area contributed by atoms with Crippen LogP contribution in [-0.2, 0) is 6.54 Å². The summed E-state index contributed by atoms with van der Waals surface area (Å²) in [6.45, 7) is 5.64. The highest BCUT2D eigenvalue weighted by atomic mass is 16.5. The van der Waals surface area contributed by atoms with E-state index in [0.29, 0.717) is 24.1 Å². The Kier molecular flexibility index (Phi) is 7.34. The van der Waals surface area contributed by atoms with E-state index in [9.17, 15) is 0 Å². The summed E-state index contributed by atoms with van der Waals surface area (Å²) in [5.74, 6) is 1.72. The number of para-hydroxylation sites is 1. The first-order valence-electron chi connectivity index (χ1n) is 11.5. The molecule has 4 rings (SSSR count). The van der Waals surface area contributed by atoms with Gasteiger partial charge in [0.25, 0.3) is 5.95 Å². The van der Waals surface area contributed by atoms with E-state index in [1.54, 1.807) is 13.3 Å². The number of unbranched alkanes of at least 4 members (excludes halogenated alkanes) is 3. The standard InChI is InChI=1S/C25H30N6O2/c1-4-6-7-10-15-31-20-12-9-8-11-19(20)23-24(31)27-25(30-28-23)29-26-17-18-13-14-21(33-5-2)22(16-18)32-3/h8-9,11-14,16-17H,4-7,10,15H2,1-3H3,(H,27,29,30)/b26-17+. The maximum absolute atomic E-state index is 5.56. The van der Waals surface area contributed by atoms with Crippen molar-refractivity contribution in [3.63, 3.8) is 0 Å². The summed E-state index contributed by atoms with van der Waals surface area (Å²) < 4.78 is 13.2. The quantitative estimate of drug-likeness (QED) is 0.188. The zero-order valence-corrected chi connectivity index (χ0v) is 19.4. The first kappa shape index (κ1) is 22.5. The summed E-state index contributed by atoms with van der Waals surface area (Å²) in [5.41, 5.74) is 6.54. The number of aryl methyl sites for hydroxylation is 1. The van der Waals surface area contributed by atoms with Crippen molar-refractivity contribution in [3.05, 3.63) is 48.0 Å². The molecule has 0 amide bonds. The first-order chi connectivity index (χ1) is 16.2. The fourth-order valence-corrected chi connectivity index (χ4v) is 3.88. The van der Waals surface area contributed by atoms with Gasteiger partial charge >= 0.3 is 0 Å². The average molecular weight is 447 g/mol. The van der Waals surface area contributed by atoms with Gasteiger partial charge in [-0.3, -0.25) is 0 Å². The van der Waals surface area contributed by atoms with Gasteiger partial charge in [-0.1, -0.05) is 44.4 Å². The van der Waals surface area contributed by atoms with E-state index in [4.69, 9.17) is 14.5 Å². The lowest BCUT2D eigenvalue weighted by molar-refractivity contribution is 0.311. The van der Waals surface area contributed by atoms with Crippen molar-refractivity contribution in [2.45, 2.75) is 46.1 Å². The van der Waals surface area contributed by atoms with Crippen LogP contribution in [0, 0.1) is 0 Å². The number of benzene rings is 2. The highest BCUT2D eigenvalue weighted by Gasteiger charge is 2.14. The molecule has 0 saturated heterocycles. The lowest BCUT2D eigenvalue weighted by atomic mass is 10.2. The van der Waals surface area contributed by atoms with Crippen LogP contribution in [0.15, 0.2) is 47.6 Å². The number of aromatic nitrogens is 4. The summed E-state index contributed by atoms with van der Waals surface area (Å²) in [6, 6.07) is 13.9. The van der Waals surface area contributed by atoms with E-state index in [2.05, 4.69) is 44.3 Å². The van der Waals surface area contributed by atoms with Gasteiger partial charge in [0.1, 0.15) is 5.52 Å². The molecular weight excluding hydrogens is 416 g/mol. The molecule has 0 bridgehead atoms. The molecular formula is C25H30N6O2. The van der Waals surface area contributed by atoms with Crippen molar-refractivity contribution in [2.24, 2.45) is 5.10 Å². The third kappa shape index (κ3) is 5.05. The molecule has 172 valence electrons. The number of nitrogens with one attached hydrogen (secondary N) is 1. The molecule has 0 unspecified atom stereocenters. The number of hydrogen-bond donors (Lipinski definition) is 1. The molecule has 4 aromatic rings. The zero-order chi connectivity index (χ0) is 23.0. The van der Waals surface area contributed by atoms with Gasteiger partial charge in [0.2, 0.25) is 0 Å². The van der Waals surface area contributed by atoms with Crippen LogP contribution >= 0.6 is 0 Å². The molecule has 2 heterocycles. The van der Waals surface area contributed by atoms with Gasteiger partial charge in [-0.15, -0.1) is 10.2 Å². The van der Waals surface area contributed by atoms with Crippen LogP contribution in [-0.4, -0.2) is 39.7 Å². The Labute approximate surface area is 193 Å². The molecule has 0 fully saturated rings. The topological polar surface area (TPSA) is 86.5 Å². The molecule has 0 saturated carbocycles. The number of fused-ring (bicyclic) bond motifs is 3. The fraction of sp³-hybridized carbons (Fsp3) is 0.360.